The molecule has 0 aliphatic carbocycles. The minimum Gasteiger partial charge on any atom is -0.480 e. The van der Waals surface area contributed by atoms with Gasteiger partial charge in [-0.15, -0.1) is 11.3 Å². The zero-order valence-electron chi connectivity index (χ0n) is 15.2. The zero-order chi connectivity index (χ0) is 21.2. The molecule has 3 aromatic rings. The van der Waals surface area contributed by atoms with Crippen molar-refractivity contribution in [1.82, 2.24) is 4.72 Å². The first kappa shape index (κ1) is 21.4. The maximum Gasteiger partial charge on any atom is 0.322 e. The molecule has 2 aromatic carbocycles. The molecule has 29 heavy (non-hydrogen) atoms. The second-order valence-corrected chi connectivity index (χ2v) is 9.82. The van der Waals surface area contributed by atoms with Crippen LogP contribution in [-0.2, 0) is 14.8 Å². The lowest BCUT2D eigenvalue weighted by Gasteiger charge is -2.21. The molecule has 9 heteroatoms. The second kappa shape index (κ2) is 8.62. The largest absolute Gasteiger partial charge is 0.480 e. The topological polar surface area (TPSA) is 83.5 Å². The monoisotopic (exact) mass is 453 g/mol. The van der Waals surface area contributed by atoms with Crippen molar-refractivity contribution in [3.8, 4) is 10.4 Å². The van der Waals surface area contributed by atoms with E-state index in [-0.39, 0.29) is 9.23 Å². The summed E-state index contributed by atoms with van der Waals surface area (Å²) in [5, 5.41) is 9.51. The summed E-state index contributed by atoms with van der Waals surface area (Å²) < 4.78 is 41.2. The summed E-state index contributed by atoms with van der Waals surface area (Å²) >= 11 is 6.74. The summed E-state index contributed by atoms with van der Waals surface area (Å²) in [6.07, 6.45) is 0. The highest BCUT2D eigenvalue weighted by atomic mass is 35.5. The third-order valence-corrected chi connectivity index (χ3v) is 7.78. The number of carboxylic acid groups (broad SMARTS) is 1. The van der Waals surface area contributed by atoms with Crippen LogP contribution in [-0.4, -0.2) is 25.5 Å². The Bertz CT molecular complexity index is 1130. The van der Waals surface area contributed by atoms with Gasteiger partial charge in [0.2, 0.25) is 0 Å². The van der Waals surface area contributed by atoms with E-state index in [0.29, 0.717) is 16.0 Å². The molecular formula is C20H17ClFNO4S2. The molecule has 0 aliphatic rings. The van der Waals surface area contributed by atoms with E-state index in [1.54, 1.807) is 43.3 Å². The molecular weight excluding hydrogens is 437 g/mol. The van der Waals surface area contributed by atoms with Crippen LogP contribution in [0.2, 0.25) is 5.02 Å². The van der Waals surface area contributed by atoms with Crippen LogP contribution in [0.3, 0.4) is 0 Å². The molecule has 1 aromatic heterocycles. The highest BCUT2D eigenvalue weighted by molar-refractivity contribution is 7.91. The van der Waals surface area contributed by atoms with Gasteiger partial charge in [0.25, 0.3) is 10.0 Å². The van der Waals surface area contributed by atoms with E-state index in [1.807, 2.05) is 0 Å². The number of sulfonamides is 1. The lowest BCUT2D eigenvalue weighted by molar-refractivity contribution is -0.139. The second-order valence-electron chi connectivity index (χ2n) is 6.38. The quantitative estimate of drug-likeness (QED) is 0.541. The van der Waals surface area contributed by atoms with Gasteiger partial charge in [-0.1, -0.05) is 54.9 Å². The van der Waals surface area contributed by atoms with Gasteiger partial charge in [-0.3, -0.25) is 4.79 Å². The molecule has 0 radical (unpaired) electrons. The van der Waals surface area contributed by atoms with Crippen molar-refractivity contribution in [3.05, 3.63) is 77.1 Å². The van der Waals surface area contributed by atoms with E-state index in [2.05, 4.69) is 4.72 Å². The molecule has 5 nitrogen and oxygen atoms in total. The van der Waals surface area contributed by atoms with E-state index in [4.69, 9.17) is 11.6 Å². The molecule has 0 spiro atoms. The number of halogens is 2. The van der Waals surface area contributed by atoms with Crippen LogP contribution >= 0.6 is 22.9 Å². The van der Waals surface area contributed by atoms with Crippen LogP contribution in [0.15, 0.2) is 64.9 Å². The van der Waals surface area contributed by atoms with Crippen LogP contribution in [0.1, 0.15) is 18.4 Å². The maximum atomic E-state index is 13.4. The first-order valence-corrected chi connectivity index (χ1v) is 11.2. The molecule has 2 atom stereocenters. The Labute approximate surface area is 176 Å². The lowest BCUT2D eigenvalue weighted by atomic mass is 9.94. The molecule has 0 saturated heterocycles. The van der Waals surface area contributed by atoms with Crippen LogP contribution in [0.4, 0.5) is 4.39 Å². The Balaban J connectivity index is 1.87. The molecule has 2 N–H and O–H groups in total. The van der Waals surface area contributed by atoms with Gasteiger partial charge in [-0.05, 0) is 35.4 Å². The van der Waals surface area contributed by atoms with Crippen LogP contribution in [0, 0.1) is 5.82 Å². The number of hydrogen-bond acceptors (Lipinski definition) is 4. The van der Waals surface area contributed by atoms with Crippen LogP contribution < -0.4 is 4.72 Å². The number of nitrogens with one attached hydrogen (secondary N) is 1. The SMILES string of the molecule is CC(c1ccccc1)C(NS(=O)(=O)c1ccc(-c2ccc(F)c(Cl)c2)s1)C(=O)O. The smallest absolute Gasteiger partial charge is 0.322 e. The Morgan fingerprint density at radius 1 is 1.14 bits per heavy atom. The fourth-order valence-corrected chi connectivity index (χ4v) is 5.58. The van der Waals surface area contributed by atoms with Gasteiger partial charge in [-0.2, -0.15) is 4.72 Å². The summed E-state index contributed by atoms with van der Waals surface area (Å²) in [5.41, 5.74) is 1.27. The van der Waals surface area contributed by atoms with E-state index in [9.17, 15) is 22.7 Å². The molecule has 152 valence electrons. The molecule has 0 fully saturated rings. The highest BCUT2D eigenvalue weighted by Crippen LogP contribution is 2.33. The summed E-state index contributed by atoms with van der Waals surface area (Å²) in [6.45, 7) is 1.65. The fraction of sp³-hybridized carbons (Fsp3) is 0.150. The summed E-state index contributed by atoms with van der Waals surface area (Å²) in [4.78, 5) is 12.3. The van der Waals surface area contributed by atoms with Crippen molar-refractivity contribution >= 4 is 38.9 Å². The lowest BCUT2D eigenvalue weighted by Crippen LogP contribution is -2.43. The minimum atomic E-state index is -4.08. The van der Waals surface area contributed by atoms with Crippen molar-refractivity contribution in [2.75, 3.05) is 0 Å². The van der Waals surface area contributed by atoms with Gasteiger partial charge in [0.1, 0.15) is 16.1 Å². The Morgan fingerprint density at radius 3 is 2.45 bits per heavy atom. The molecule has 1 heterocycles. The van der Waals surface area contributed by atoms with Gasteiger partial charge in [0, 0.05) is 10.8 Å². The van der Waals surface area contributed by atoms with Crippen molar-refractivity contribution in [1.29, 1.82) is 0 Å². The van der Waals surface area contributed by atoms with Crippen LogP contribution in [0.25, 0.3) is 10.4 Å². The van der Waals surface area contributed by atoms with Gasteiger partial charge in [0.05, 0.1) is 5.02 Å². The van der Waals surface area contributed by atoms with E-state index < -0.39 is 33.8 Å². The minimum absolute atomic E-state index is 0.0422. The molecule has 2 unspecified atom stereocenters. The van der Waals surface area contributed by atoms with Crippen molar-refractivity contribution in [2.24, 2.45) is 0 Å². The number of hydrogen-bond donors (Lipinski definition) is 2. The van der Waals surface area contributed by atoms with E-state index >= 15 is 0 Å². The predicted octanol–water partition coefficient (Wildman–Crippen LogP) is 4.74. The van der Waals surface area contributed by atoms with E-state index in [0.717, 1.165) is 11.3 Å². The number of rotatable bonds is 7. The summed E-state index contributed by atoms with van der Waals surface area (Å²) in [6, 6.07) is 14.5. The number of aliphatic carboxylic acids is 1. The first-order chi connectivity index (χ1) is 13.7. The number of carboxylic acids is 1. The average molecular weight is 454 g/mol. The summed E-state index contributed by atoms with van der Waals surface area (Å²) in [5.74, 6) is -2.42. The predicted molar refractivity (Wildman–Crippen MR) is 111 cm³/mol. The number of carbonyl (C=O) groups is 1. The van der Waals surface area contributed by atoms with Gasteiger partial charge in [-0.25, -0.2) is 12.8 Å². The molecule has 0 aliphatic heterocycles. The van der Waals surface area contributed by atoms with Crippen molar-refractivity contribution in [2.45, 2.75) is 23.1 Å². The Morgan fingerprint density at radius 2 is 1.83 bits per heavy atom. The van der Waals surface area contributed by atoms with Gasteiger partial charge >= 0.3 is 5.97 Å². The third-order valence-electron chi connectivity index (χ3n) is 4.42. The summed E-state index contributed by atoms with van der Waals surface area (Å²) in [7, 11) is -4.08. The number of thiophene rings is 1. The molecule has 0 bridgehead atoms. The number of benzene rings is 2. The third kappa shape index (κ3) is 4.84. The van der Waals surface area contributed by atoms with Crippen molar-refractivity contribution < 1.29 is 22.7 Å². The van der Waals surface area contributed by atoms with Gasteiger partial charge < -0.3 is 5.11 Å². The maximum absolute atomic E-state index is 13.4. The Hall–Kier alpha value is -2.26. The molecule has 0 saturated carbocycles. The fourth-order valence-electron chi connectivity index (χ4n) is 2.81. The normalized spacial score (nSPS) is 13.8. The standard InChI is InChI=1S/C20H17ClFNO4S2/c1-12(13-5-3-2-4-6-13)19(20(24)25)23-29(26,27)18-10-9-17(28-18)14-7-8-16(22)15(21)11-14/h2-12,19,23H,1H3,(H,24,25). The van der Waals surface area contributed by atoms with Gasteiger partial charge in [0.15, 0.2) is 0 Å². The zero-order valence-corrected chi connectivity index (χ0v) is 17.6. The first-order valence-electron chi connectivity index (χ1n) is 8.54. The van der Waals surface area contributed by atoms with E-state index in [1.165, 1.54) is 24.3 Å². The average Bonchev–Trinajstić information content (AvgIpc) is 3.19. The molecule has 3 rings (SSSR count). The molecule has 0 amide bonds. The van der Waals surface area contributed by atoms with Crippen LogP contribution in [0.5, 0.6) is 0 Å². The highest BCUT2D eigenvalue weighted by Gasteiger charge is 2.31. The van der Waals surface area contributed by atoms with Crippen molar-refractivity contribution in [3.63, 3.8) is 0 Å². The Kier molecular flexibility index (Phi) is 6.38.